The van der Waals surface area contributed by atoms with Crippen LogP contribution >= 0.6 is 11.3 Å². The van der Waals surface area contributed by atoms with Crippen LogP contribution in [0.4, 0.5) is 0 Å². The van der Waals surface area contributed by atoms with E-state index in [0.29, 0.717) is 44.5 Å². The number of rotatable bonds is 7. The Morgan fingerprint density at radius 3 is 2.62 bits per heavy atom. The van der Waals surface area contributed by atoms with E-state index in [2.05, 4.69) is 17.3 Å². The van der Waals surface area contributed by atoms with Crippen molar-refractivity contribution < 1.29 is 17.9 Å². The molecule has 2 saturated heterocycles. The van der Waals surface area contributed by atoms with E-state index in [1.54, 1.807) is 23.5 Å². The molecule has 4 rings (SSSR count). The summed E-state index contributed by atoms with van der Waals surface area (Å²) < 4.78 is 33.4. The maximum absolute atomic E-state index is 13.3. The summed E-state index contributed by atoms with van der Waals surface area (Å²) in [6, 6.07) is 7.49. The number of morpholine rings is 1. The fourth-order valence-electron chi connectivity index (χ4n) is 4.34. The standard InChI is InChI=1S/C23H31N3O4S2/c1-17-12-22(31-16-17)18-13-19(23(27)24-6-5-20-4-3-7-25(20)2)15-21(14-18)32(28,29)26-8-10-30-11-9-26/h12-16,20H,3-11H2,1-2H3,(H,24,27). The highest BCUT2D eigenvalue weighted by molar-refractivity contribution is 7.89. The number of benzene rings is 1. The predicted octanol–water partition coefficient (Wildman–Crippen LogP) is 2.96. The highest BCUT2D eigenvalue weighted by atomic mass is 32.2. The highest BCUT2D eigenvalue weighted by Crippen LogP contribution is 2.31. The Morgan fingerprint density at radius 2 is 1.97 bits per heavy atom. The number of aryl methyl sites for hydroxylation is 1. The normalized spacial score (nSPS) is 20.5. The van der Waals surface area contributed by atoms with E-state index in [0.717, 1.165) is 35.4 Å². The number of carbonyl (C=O) groups excluding carboxylic acids is 1. The van der Waals surface area contributed by atoms with Crippen molar-refractivity contribution in [3.05, 3.63) is 40.8 Å². The molecule has 2 aliphatic heterocycles. The Morgan fingerprint density at radius 1 is 1.19 bits per heavy atom. The first kappa shape index (κ1) is 23.4. The second kappa shape index (κ2) is 10.0. The van der Waals surface area contributed by atoms with Gasteiger partial charge >= 0.3 is 0 Å². The van der Waals surface area contributed by atoms with Crippen molar-refractivity contribution >= 4 is 27.3 Å². The van der Waals surface area contributed by atoms with Crippen molar-refractivity contribution in [2.24, 2.45) is 0 Å². The lowest BCUT2D eigenvalue weighted by atomic mass is 10.1. The molecule has 174 valence electrons. The second-order valence-corrected chi connectivity index (χ2v) is 11.4. The summed E-state index contributed by atoms with van der Waals surface area (Å²) in [6.07, 6.45) is 3.24. The van der Waals surface area contributed by atoms with Gasteiger partial charge in [0.1, 0.15) is 0 Å². The smallest absolute Gasteiger partial charge is 0.251 e. The van der Waals surface area contributed by atoms with Crippen LogP contribution in [0.5, 0.6) is 0 Å². The zero-order valence-electron chi connectivity index (χ0n) is 18.7. The number of carbonyl (C=O) groups is 1. The van der Waals surface area contributed by atoms with Gasteiger partial charge in [0.25, 0.3) is 5.91 Å². The van der Waals surface area contributed by atoms with E-state index in [9.17, 15) is 13.2 Å². The minimum atomic E-state index is -3.71. The fourth-order valence-corrected chi connectivity index (χ4v) is 6.71. The maximum Gasteiger partial charge on any atom is 0.251 e. The Balaban J connectivity index is 1.59. The molecule has 7 nitrogen and oxygen atoms in total. The van der Waals surface area contributed by atoms with Gasteiger partial charge in [-0.3, -0.25) is 4.79 Å². The van der Waals surface area contributed by atoms with Gasteiger partial charge in [-0.2, -0.15) is 4.31 Å². The largest absolute Gasteiger partial charge is 0.379 e. The predicted molar refractivity (Wildman–Crippen MR) is 127 cm³/mol. The summed E-state index contributed by atoms with van der Waals surface area (Å²) in [7, 11) is -1.59. The molecule has 0 saturated carbocycles. The number of likely N-dealkylation sites (tertiary alicyclic amines) is 1. The Labute approximate surface area is 194 Å². The van der Waals surface area contributed by atoms with Crippen LogP contribution in [0.3, 0.4) is 0 Å². The van der Waals surface area contributed by atoms with E-state index in [1.807, 2.05) is 18.4 Å². The molecule has 1 N–H and O–H groups in total. The molecular weight excluding hydrogens is 446 g/mol. The van der Waals surface area contributed by atoms with E-state index >= 15 is 0 Å². The van der Waals surface area contributed by atoms with Crippen molar-refractivity contribution in [1.82, 2.24) is 14.5 Å². The highest BCUT2D eigenvalue weighted by Gasteiger charge is 2.28. The molecule has 2 fully saturated rings. The molecule has 1 aromatic carbocycles. The first-order valence-electron chi connectivity index (χ1n) is 11.1. The topological polar surface area (TPSA) is 79.0 Å². The molecule has 0 bridgehead atoms. The van der Waals surface area contributed by atoms with Crippen molar-refractivity contribution in [3.8, 4) is 10.4 Å². The van der Waals surface area contributed by atoms with Crippen LogP contribution in [-0.4, -0.2) is 76.0 Å². The third-order valence-corrected chi connectivity index (χ3v) is 9.20. The summed E-state index contributed by atoms with van der Waals surface area (Å²) in [4.78, 5) is 16.4. The van der Waals surface area contributed by atoms with Gasteiger partial charge in [0.2, 0.25) is 10.0 Å². The van der Waals surface area contributed by atoms with Crippen molar-refractivity contribution in [2.75, 3.05) is 46.4 Å². The monoisotopic (exact) mass is 477 g/mol. The van der Waals surface area contributed by atoms with Crippen molar-refractivity contribution in [3.63, 3.8) is 0 Å². The summed E-state index contributed by atoms with van der Waals surface area (Å²) in [5, 5.41) is 5.02. The Kier molecular flexibility index (Phi) is 7.31. The minimum Gasteiger partial charge on any atom is -0.379 e. The molecule has 1 unspecified atom stereocenters. The van der Waals surface area contributed by atoms with E-state index in [4.69, 9.17) is 4.74 Å². The Bertz CT molecular complexity index is 1060. The number of amides is 1. The van der Waals surface area contributed by atoms with Gasteiger partial charge in [-0.15, -0.1) is 11.3 Å². The summed E-state index contributed by atoms with van der Waals surface area (Å²) in [5.74, 6) is -0.237. The summed E-state index contributed by atoms with van der Waals surface area (Å²) in [5.41, 5.74) is 2.23. The lowest BCUT2D eigenvalue weighted by Gasteiger charge is -2.26. The first-order valence-corrected chi connectivity index (χ1v) is 13.4. The number of ether oxygens (including phenoxy) is 1. The molecule has 3 heterocycles. The number of thiophene rings is 1. The van der Waals surface area contributed by atoms with Crippen molar-refractivity contribution in [2.45, 2.75) is 37.1 Å². The average Bonchev–Trinajstić information content (AvgIpc) is 3.42. The molecule has 1 amide bonds. The number of hydrogen-bond acceptors (Lipinski definition) is 6. The molecule has 2 aliphatic rings. The second-order valence-electron chi connectivity index (χ2n) is 8.57. The van der Waals surface area contributed by atoms with Crippen LogP contribution in [0.25, 0.3) is 10.4 Å². The molecule has 32 heavy (non-hydrogen) atoms. The fraction of sp³-hybridized carbons (Fsp3) is 0.522. The average molecular weight is 478 g/mol. The molecule has 0 spiro atoms. The molecule has 1 aromatic heterocycles. The van der Waals surface area contributed by atoms with Gasteiger partial charge in [0, 0.05) is 36.1 Å². The zero-order chi connectivity index (χ0) is 22.7. The van der Waals surface area contributed by atoms with Gasteiger partial charge in [0.15, 0.2) is 0 Å². The minimum absolute atomic E-state index is 0.156. The summed E-state index contributed by atoms with van der Waals surface area (Å²) in [6.45, 7) is 5.08. The zero-order valence-corrected chi connectivity index (χ0v) is 20.3. The van der Waals surface area contributed by atoms with Gasteiger partial charge in [0.05, 0.1) is 18.1 Å². The quantitative estimate of drug-likeness (QED) is 0.663. The molecule has 9 heteroatoms. The Hall–Kier alpha value is -1.78. The van der Waals surface area contributed by atoms with Gasteiger partial charge in [-0.1, -0.05) is 0 Å². The molecule has 1 atom stereocenters. The third-order valence-electron chi connectivity index (χ3n) is 6.23. The van der Waals surface area contributed by atoms with Crippen LogP contribution in [0.15, 0.2) is 34.5 Å². The van der Waals surface area contributed by atoms with Crippen molar-refractivity contribution in [1.29, 1.82) is 0 Å². The van der Waals surface area contributed by atoms with Crippen LogP contribution < -0.4 is 5.32 Å². The maximum atomic E-state index is 13.3. The molecule has 2 aromatic rings. The van der Waals surface area contributed by atoms with Gasteiger partial charge in [-0.25, -0.2) is 8.42 Å². The van der Waals surface area contributed by atoms with Crippen LogP contribution in [0, 0.1) is 6.92 Å². The lowest BCUT2D eigenvalue weighted by Crippen LogP contribution is -2.40. The van der Waals surface area contributed by atoms with Crippen LogP contribution in [0.2, 0.25) is 0 Å². The first-order chi connectivity index (χ1) is 15.3. The molecule has 0 aliphatic carbocycles. The molecule has 0 radical (unpaired) electrons. The van der Waals surface area contributed by atoms with Gasteiger partial charge < -0.3 is 15.0 Å². The number of sulfonamides is 1. The lowest BCUT2D eigenvalue weighted by molar-refractivity contribution is 0.0730. The van der Waals surface area contributed by atoms with E-state index in [-0.39, 0.29) is 10.8 Å². The van der Waals surface area contributed by atoms with E-state index in [1.165, 1.54) is 16.8 Å². The van der Waals surface area contributed by atoms with Gasteiger partial charge in [-0.05, 0) is 80.6 Å². The molecular formula is C23H31N3O4S2. The number of nitrogens with one attached hydrogen (secondary N) is 1. The number of hydrogen-bond donors (Lipinski definition) is 1. The number of nitrogens with zero attached hydrogens (tertiary/aromatic N) is 2. The van der Waals surface area contributed by atoms with E-state index < -0.39 is 10.0 Å². The third kappa shape index (κ3) is 5.23. The summed E-state index contributed by atoms with van der Waals surface area (Å²) >= 11 is 1.55. The SMILES string of the molecule is Cc1csc(-c2cc(C(=O)NCCC3CCCN3C)cc(S(=O)(=O)N3CCOCC3)c2)c1. The van der Waals surface area contributed by atoms with Crippen LogP contribution in [-0.2, 0) is 14.8 Å². The van der Waals surface area contributed by atoms with Crippen LogP contribution in [0.1, 0.15) is 35.2 Å².